The van der Waals surface area contributed by atoms with Gasteiger partial charge in [0.15, 0.2) is 0 Å². The molecular formula is C11H11FN2O2. The highest BCUT2D eigenvalue weighted by atomic mass is 19.1. The predicted octanol–water partition coefficient (Wildman–Crippen LogP) is 2.46. The largest absolute Gasteiger partial charge is 0.494 e. The maximum absolute atomic E-state index is 13.7. The van der Waals surface area contributed by atoms with Crippen LogP contribution in [0.15, 0.2) is 28.9 Å². The van der Waals surface area contributed by atoms with E-state index < -0.39 is 5.82 Å². The Balaban J connectivity index is 2.40. The molecule has 0 saturated heterocycles. The van der Waals surface area contributed by atoms with Crippen LogP contribution in [-0.4, -0.2) is 11.8 Å². The third-order valence-corrected chi connectivity index (χ3v) is 2.14. The summed E-state index contributed by atoms with van der Waals surface area (Å²) < 4.78 is 23.6. The van der Waals surface area contributed by atoms with Crippen LogP contribution in [0.4, 0.5) is 10.3 Å². The lowest BCUT2D eigenvalue weighted by Crippen LogP contribution is -1.93. The smallest absolute Gasteiger partial charge is 0.230 e. The number of ether oxygens (including phenoxy) is 1. The van der Waals surface area contributed by atoms with Crippen LogP contribution < -0.4 is 10.5 Å². The van der Waals surface area contributed by atoms with Crippen molar-refractivity contribution in [1.82, 2.24) is 5.16 Å². The molecule has 1 aromatic heterocycles. The molecular weight excluding hydrogens is 211 g/mol. The second-order valence-corrected chi connectivity index (χ2v) is 3.18. The number of halogens is 1. The molecule has 1 heterocycles. The van der Waals surface area contributed by atoms with Crippen molar-refractivity contribution in [3.05, 3.63) is 30.2 Å². The number of benzene rings is 1. The van der Waals surface area contributed by atoms with Crippen molar-refractivity contribution in [2.24, 2.45) is 0 Å². The number of nitrogens with two attached hydrogens (primary N) is 1. The number of aromatic nitrogens is 1. The number of hydrogen-bond donors (Lipinski definition) is 1. The summed E-state index contributed by atoms with van der Waals surface area (Å²) in [5, 5.41) is 3.50. The SMILES string of the molecule is CCOc1ccc(-c2cnoc2N)c(F)c1. The lowest BCUT2D eigenvalue weighted by atomic mass is 10.1. The van der Waals surface area contributed by atoms with Crippen molar-refractivity contribution in [3.8, 4) is 16.9 Å². The standard InChI is InChI=1S/C11H11FN2O2/c1-2-15-7-3-4-8(10(12)5-7)9-6-14-16-11(9)13/h3-6H,2,13H2,1H3. The highest BCUT2D eigenvalue weighted by Gasteiger charge is 2.12. The fraction of sp³-hybridized carbons (Fsp3) is 0.182. The Bertz CT molecular complexity index is 496. The summed E-state index contributed by atoms with van der Waals surface area (Å²) in [5.74, 6) is 0.169. The molecule has 0 atom stereocenters. The molecule has 5 heteroatoms. The zero-order chi connectivity index (χ0) is 11.5. The van der Waals surface area contributed by atoms with Crippen molar-refractivity contribution in [2.45, 2.75) is 6.92 Å². The molecule has 16 heavy (non-hydrogen) atoms. The van der Waals surface area contributed by atoms with Gasteiger partial charge in [-0.25, -0.2) is 4.39 Å². The van der Waals surface area contributed by atoms with E-state index >= 15 is 0 Å². The number of hydrogen-bond acceptors (Lipinski definition) is 4. The van der Waals surface area contributed by atoms with Crippen molar-refractivity contribution < 1.29 is 13.7 Å². The van der Waals surface area contributed by atoms with Crippen LogP contribution in [0.1, 0.15) is 6.92 Å². The van der Waals surface area contributed by atoms with Gasteiger partial charge in [0.25, 0.3) is 0 Å². The minimum atomic E-state index is -0.416. The Labute approximate surface area is 91.8 Å². The van der Waals surface area contributed by atoms with Crippen molar-refractivity contribution in [1.29, 1.82) is 0 Å². The quantitative estimate of drug-likeness (QED) is 0.866. The van der Waals surface area contributed by atoms with Crippen LogP contribution in [0.3, 0.4) is 0 Å². The lowest BCUT2D eigenvalue weighted by molar-refractivity contribution is 0.338. The molecule has 0 fully saturated rings. The highest BCUT2D eigenvalue weighted by molar-refractivity contribution is 5.72. The number of nitrogen functional groups attached to an aromatic ring is 1. The molecule has 84 valence electrons. The van der Waals surface area contributed by atoms with Crippen LogP contribution >= 0.6 is 0 Å². The highest BCUT2D eigenvalue weighted by Crippen LogP contribution is 2.29. The summed E-state index contributed by atoms with van der Waals surface area (Å²) in [6, 6.07) is 4.57. The van der Waals surface area contributed by atoms with E-state index in [1.807, 2.05) is 6.92 Å². The number of nitrogens with zero attached hydrogens (tertiary/aromatic N) is 1. The van der Waals surface area contributed by atoms with E-state index in [4.69, 9.17) is 10.5 Å². The average molecular weight is 222 g/mol. The minimum Gasteiger partial charge on any atom is -0.494 e. The molecule has 0 saturated carbocycles. The minimum absolute atomic E-state index is 0.100. The Morgan fingerprint density at radius 1 is 1.44 bits per heavy atom. The van der Waals surface area contributed by atoms with Gasteiger partial charge in [-0.2, -0.15) is 0 Å². The zero-order valence-corrected chi connectivity index (χ0v) is 8.74. The van der Waals surface area contributed by atoms with E-state index in [2.05, 4.69) is 9.68 Å². The Morgan fingerprint density at radius 2 is 2.25 bits per heavy atom. The zero-order valence-electron chi connectivity index (χ0n) is 8.74. The summed E-state index contributed by atoms with van der Waals surface area (Å²) in [5.41, 5.74) is 6.31. The number of anilines is 1. The molecule has 2 rings (SSSR count). The molecule has 0 aliphatic carbocycles. The van der Waals surface area contributed by atoms with Crippen LogP contribution in [0.2, 0.25) is 0 Å². The first kappa shape index (κ1) is 10.5. The monoisotopic (exact) mass is 222 g/mol. The first-order valence-corrected chi connectivity index (χ1v) is 4.85. The second kappa shape index (κ2) is 4.22. The summed E-state index contributed by atoms with van der Waals surface area (Å²) in [7, 11) is 0. The van der Waals surface area contributed by atoms with Gasteiger partial charge < -0.3 is 15.0 Å². The van der Waals surface area contributed by atoms with E-state index in [9.17, 15) is 4.39 Å². The first-order valence-electron chi connectivity index (χ1n) is 4.85. The molecule has 4 nitrogen and oxygen atoms in total. The third-order valence-electron chi connectivity index (χ3n) is 2.14. The summed E-state index contributed by atoms with van der Waals surface area (Å²) in [6.45, 7) is 2.33. The summed E-state index contributed by atoms with van der Waals surface area (Å²) in [4.78, 5) is 0. The van der Waals surface area contributed by atoms with E-state index in [0.717, 1.165) is 0 Å². The van der Waals surface area contributed by atoms with Gasteiger partial charge in [0.2, 0.25) is 5.88 Å². The van der Waals surface area contributed by atoms with Crippen LogP contribution in [-0.2, 0) is 0 Å². The van der Waals surface area contributed by atoms with Gasteiger partial charge in [0, 0.05) is 11.6 Å². The molecule has 0 amide bonds. The maximum Gasteiger partial charge on any atom is 0.230 e. The first-order chi connectivity index (χ1) is 7.72. The van der Waals surface area contributed by atoms with Gasteiger partial charge >= 0.3 is 0 Å². The van der Waals surface area contributed by atoms with Gasteiger partial charge in [0.1, 0.15) is 11.6 Å². The molecule has 0 radical (unpaired) electrons. The van der Waals surface area contributed by atoms with Crippen LogP contribution in [0, 0.1) is 5.82 Å². The van der Waals surface area contributed by atoms with Gasteiger partial charge in [-0.3, -0.25) is 0 Å². The average Bonchev–Trinajstić information content (AvgIpc) is 2.65. The molecule has 0 unspecified atom stereocenters. The van der Waals surface area contributed by atoms with Gasteiger partial charge in [0.05, 0.1) is 18.4 Å². The fourth-order valence-corrected chi connectivity index (χ4v) is 1.42. The van der Waals surface area contributed by atoms with Gasteiger partial charge in [-0.1, -0.05) is 5.16 Å². The van der Waals surface area contributed by atoms with Crippen molar-refractivity contribution in [2.75, 3.05) is 12.3 Å². The van der Waals surface area contributed by atoms with E-state index in [0.29, 0.717) is 23.5 Å². The molecule has 2 N–H and O–H groups in total. The molecule has 0 spiro atoms. The lowest BCUT2D eigenvalue weighted by Gasteiger charge is -2.05. The second-order valence-electron chi connectivity index (χ2n) is 3.18. The maximum atomic E-state index is 13.7. The summed E-state index contributed by atoms with van der Waals surface area (Å²) in [6.07, 6.45) is 1.38. The predicted molar refractivity (Wildman–Crippen MR) is 57.5 cm³/mol. The van der Waals surface area contributed by atoms with Crippen molar-refractivity contribution >= 4 is 5.88 Å². The topological polar surface area (TPSA) is 61.3 Å². The number of rotatable bonds is 3. The normalized spacial score (nSPS) is 10.4. The van der Waals surface area contributed by atoms with E-state index in [1.54, 1.807) is 12.1 Å². The van der Waals surface area contributed by atoms with Crippen LogP contribution in [0.25, 0.3) is 11.1 Å². The van der Waals surface area contributed by atoms with Gasteiger partial charge in [-0.05, 0) is 19.1 Å². The van der Waals surface area contributed by atoms with E-state index in [-0.39, 0.29) is 5.88 Å². The molecule has 0 bridgehead atoms. The molecule has 0 aliphatic rings. The Hall–Kier alpha value is -2.04. The van der Waals surface area contributed by atoms with Crippen LogP contribution in [0.5, 0.6) is 5.75 Å². The fourth-order valence-electron chi connectivity index (χ4n) is 1.42. The Morgan fingerprint density at radius 3 is 2.81 bits per heavy atom. The van der Waals surface area contributed by atoms with E-state index in [1.165, 1.54) is 12.3 Å². The summed E-state index contributed by atoms with van der Waals surface area (Å²) >= 11 is 0. The third kappa shape index (κ3) is 1.84. The van der Waals surface area contributed by atoms with Gasteiger partial charge in [-0.15, -0.1) is 0 Å². The molecule has 1 aromatic carbocycles. The van der Waals surface area contributed by atoms with Crippen molar-refractivity contribution in [3.63, 3.8) is 0 Å². The molecule has 0 aliphatic heterocycles. The molecule has 2 aromatic rings. The Kier molecular flexibility index (Phi) is 2.76.